The topological polar surface area (TPSA) is 81.6 Å². The number of amides is 1. The summed E-state index contributed by atoms with van der Waals surface area (Å²) in [5.41, 5.74) is 6.22. The minimum absolute atomic E-state index is 0.0150. The van der Waals surface area contributed by atoms with Gasteiger partial charge in [-0.15, -0.1) is 0 Å². The number of aliphatic hydroxyl groups is 1. The fourth-order valence-electron chi connectivity index (χ4n) is 3.48. The molecule has 0 aromatic heterocycles. The Bertz CT molecular complexity index is 774. The van der Waals surface area contributed by atoms with Gasteiger partial charge >= 0.3 is 0 Å². The van der Waals surface area contributed by atoms with E-state index in [4.69, 9.17) is 5.21 Å². The van der Waals surface area contributed by atoms with Crippen LogP contribution in [0.15, 0.2) is 54.6 Å². The molecule has 1 aliphatic rings. The van der Waals surface area contributed by atoms with Gasteiger partial charge in [0.2, 0.25) is 0 Å². The van der Waals surface area contributed by atoms with Gasteiger partial charge in [-0.1, -0.05) is 48.5 Å². The van der Waals surface area contributed by atoms with Crippen LogP contribution in [0, 0.1) is 0 Å². The van der Waals surface area contributed by atoms with E-state index in [0.29, 0.717) is 0 Å². The molecule has 2 atom stereocenters. The zero-order valence-electron chi connectivity index (χ0n) is 14.6. The molecule has 0 heterocycles. The average molecular weight is 352 g/mol. The predicted molar refractivity (Wildman–Crippen MR) is 101 cm³/mol. The Balaban J connectivity index is 1.67. The number of aliphatic hydroxyl groups excluding tert-OH is 1. The smallest absolute Gasteiger partial charge is 0.267 e. The van der Waals surface area contributed by atoms with Gasteiger partial charge in [0.15, 0.2) is 0 Å². The Kier molecular flexibility index (Phi) is 6.17. The normalized spacial score (nSPS) is 17.2. The second kappa shape index (κ2) is 8.76. The summed E-state index contributed by atoms with van der Waals surface area (Å²) in [4.78, 5) is 11.1. The van der Waals surface area contributed by atoms with Crippen molar-refractivity contribution < 1.29 is 15.1 Å². The molecule has 0 bridgehead atoms. The summed E-state index contributed by atoms with van der Waals surface area (Å²) in [6, 6.07) is 16.5. The number of fused-ring (bicyclic) bond motifs is 1. The molecule has 1 aliphatic carbocycles. The Labute approximate surface area is 153 Å². The summed E-state index contributed by atoms with van der Waals surface area (Å²) in [6.07, 6.45) is 5.72. The average Bonchev–Trinajstić information content (AvgIpc) is 3.08. The van der Waals surface area contributed by atoms with Crippen LogP contribution in [0.5, 0.6) is 0 Å². The maximum atomic E-state index is 11.1. The van der Waals surface area contributed by atoms with E-state index in [1.54, 1.807) is 11.6 Å². The fraction of sp³-hybridized carbons (Fsp3) is 0.286. The molecular formula is C21H24N2O3. The molecule has 0 fully saturated rings. The first-order valence-corrected chi connectivity index (χ1v) is 8.85. The van der Waals surface area contributed by atoms with Crippen molar-refractivity contribution in [2.24, 2.45) is 0 Å². The highest BCUT2D eigenvalue weighted by atomic mass is 16.5. The SMILES string of the molecule is O=C(C=Cc1ccc2c(c1)CCC2N[C@H](CO)Cc1ccccc1)NO. The van der Waals surface area contributed by atoms with Gasteiger partial charge in [-0.05, 0) is 47.6 Å². The largest absolute Gasteiger partial charge is 0.395 e. The number of aryl methyl sites for hydroxylation is 1. The number of rotatable bonds is 7. The molecular weight excluding hydrogens is 328 g/mol. The van der Waals surface area contributed by atoms with Crippen LogP contribution in [-0.4, -0.2) is 28.9 Å². The van der Waals surface area contributed by atoms with Gasteiger partial charge in [-0.2, -0.15) is 0 Å². The Hall–Kier alpha value is -2.47. The molecule has 0 saturated carbocycles. The van der Waals surface area contributed by atoms with Gasteiger partial charge in [-0.25, -0.2) is 5.48 Å². The Morgan fingerprint density at radius 1 is 1.23 bits per heavy atom. The van der Waals surface area contributed by atoms with Crippen LogP contribution >= 0.6 is 0 Å². The van der Waals surface area contributed by atoms with E-state index >= 15 is 0 Å². The number of hydrogen-bond donors (Lipinski definition) is 4. The van der Waals surface area contributed by atoms with Crippen LogP contribution in [0.1, 0.15) is 34.7 Å². The van der Waals surface area contributed by atoms with Gasteiger partial charge in [0.25, 0.3) is 5.91 Å². The van der Waals surface area contributed by atoms with Crippen LogP contribution in [0.3, 0.4) is 0 Å². The molecule has 0 aliphatic heterocycles. The van der Waals surface area contributed by atoms with E-state index in [9.17, 15) is 9.90 Å². The highest BCUT2D eigenvalue weighted by Crippen LogP contribution is 2.32. The molecule has 26 heavy (non-hydrogen) atoms. The highest BCUT2D eigenvalue weighted by molar-refractivity contribution is 5.90. The molecule has 4 N–H and O–H groups in total. The molecule has 136 valence electrons. The first-order valence-electron chi connectivity index (χ1n) is 8.85. The molecule has 1 unspecified atom stereocenters. The van der Waals surface area contributed by atoms with E-state index in [-0.39, 0.29) is 18.7 Å². The van der Waals surface area contributed by atoms with Crippen molar-refractivity contribution in [3.63, 3.8) is 0 Å². The van der Waals surface area contributed by atoms with E-state index in [1.165, 1.54) is 22.8 Å². The second-order valence-electron chi connectivity index (χ2n) is 6.59. The lowest BCUT2D eigenvalue weighted by atomic mass is 10.0. The van der Waals surface area contributed by atoms with Crippen LogP contribution in [-0.2, 0) is 17.6 Å². The standard InChI is InChI=1S/C21H24N2O3/c24-14-18(13-15-4-2-1-3-5-15)22-20-10-8-17-12-16(6-9-19(17)20)7-11-21(25)23-26/h1-7,9,11-12,18,20,22,24,26H,8,10,13-14H2,(H,23,25)/t18-,20?/m0/s1. The summed E-state index contributed by atoms with van der Waals surface area (Å²) >= 11 is 0. The van der Waals surface area contributed by atoms with Gasteiger partial charge in [0, 0.05) is 18.2 Å². The predicted octanol–water partition coefficient (Wildman–Crippen LogP) is 2.39. The zero-order valence-corrected chi connectivity index (χ0v) is 14.6. The van der Waals surface area contributed by atoms with Gasteiger partial charge in [-0.3, -0.25) is 10.0 Å². The van der Waals surface area contributed by atoms with Gasteiger partial charge in [0.1, 0.15) is 0 Å². The quantitative estimate of drug-likeness (QED) is 0.350. The Morgan fingerprint density at radius 2 is 2.04 bits per heavy atom. The summed E-state index contributed by atoms with van der Waals surface area (Å²) in [7, 11) is 0. The summed E-state index contributed by atoms with van der Waals surface area (Å²) in [5, 5.41) is 21.9. The summed E-state index contributed by atoms with van der Waals surface area (Å²) < 4.78 is 0. The van der Waals surface area contributed by atoms with Crippen molar-refractivity contribution in [3.8, 4) is 0 Å². The first kappa shape index (κ1) is 18.3. The van der Waals surface area contributed by atoms with Crippen LogP contribution < -0.4 is 10.8 Å². The monoisotopic (exact) mass is 352 g/mol. The van der Waals surface area contributed by atoms with E-state index in [1.807, 2.05) is 24.3 Å². The fourth-order valence-corrected chi connectivity index (χ4v) is 3.48. The number of benzene rings is 2. The van der Waals surface area contributed by atoms with Crippen molar-refractivity contribution in [1.82, 2.24) is 10.8 Å². The number of carbonyl (C=O) groups excluding carboxylic acids is 1. The van der Waals surface area contributed by atoms with Crippen molar-refractivity contribution >= 4 is 12.0 Å². The van der Waals surface area contributed by atoms with Crippen molar-refractivity contribution in [2.45, 2.75) is 31.3 Å². The second-order valence-corrected chi connectivity index (χ2v) is 6.59. The zero-order chi connectivity index (χ0) is 18.4. The number of hydroxylamine groups is 1. The minimum atomic E-state index is -0.545. The molecule has 0 radical (unpaired) electrons. The van der Waals surface area contributed by atoms with Crippen LogP contribution in [0.25, 0.3) is 6.08 Å². The van der Waals surface area contributed by atoms with Crippen LogP contribution in [0.4, 0.5) is 0 Å². The Morgan fingerprint density at radius 3 is 2.77 bits per heavy atom. The third kappa shape index (κ3) is 4.58. The molecule has 5 nitrogen and oxygen atoms in total. The third-order valence-electron chi connectivity index (χ3n) is 4.76. The van der Waals surface area contributed by atoms with Crippen molar-refractivity contribution in [1.29, 1.82) is 0 Å². The molecule has 1 amide bonds. The van der Waals surface area contributed by atoms with E-state index in [0.717, 1.165) is 24.8 Å². The lowest BCUT2D eigenvalue weighted by molar-refractivity contribution is -0.124. The highest BCUT2D eigenvalue weighted by Gasteiger charge is 2.24. The van der Waals surface area contributed by atoms with Crippen LogP contribution in [0.2, 0.25) is 0 Å². The number of carbonyl (C=O) groups is 1. The maximum absolute atomic E-state index is 11.1. The molecule has 5 heteroatoms. The van der Waals surface area contributed by atoms with Gasteiger partial charge < -0.3 is 10.4 Å². The minimum Gasteiger partial charge on any atom is -0.395 e. The molecule has 2 aromatic rings. The molecule has 2 aromatic carbocycles. The lowest BCUT2D eigenvalue weighted by Crippen LogP contribution is -2.36. The number of nitrogens with one attached hydrogen (secondary N) is 2. The molecule has 3 rings (SSSR count). The van der Waals surface area contributed by atoms with Crippen molar-refractivity contribution in [3.05, 3.63) is 76.9 Å². The molecule has 0 spiro atoms. The lowest BCUT2D eigenvalue weighted by Gasteiger charge is -2.22. The first-order chi connectivity index (χ1) is 12.7. The third-order valence-corrected chi connectivity index (χ3v) is 4.76. The number of hydrogen-bond acceptors (Lipinski definition) is 4. The van der Waals surface area contributed by atoms with E-state index in [2.05, 4.69) is 29.6 Å². The maximum Gasteiger partial charge on any atom is 0.267 e. The summed E-state index contributed by atoms with van der Waals surface area (Å²) in [5.74, 6) is -0.545. The van der Waals surface area contributed by atoms with Gasteiger partial charge in [0.05, 0.1) is 6.61 Å². The summed E-state index contributed by atoms with van der Waals surface area (Å²) in [6.45, 7) is 0.0951. The molecule has 0 saturated heterocycles. The van der Waals surface area contributed by atoms with Crippen molar-refractivity contribution in [2.75, 3.05) is 6.61 Å². The van der Waals surface area contributed by atoms with E-state index < -0.39 is 5.91 Å².